The van der Waals surface area contributed by atoms with E-state index in [4.69, 9.17) is 51.6 Å². The number of carbonyl (C=O) groups is 2. The van der Waals surface area contributed by atoms with E-state index in [1.165, 1.54) is 22.3 Å². The summed E-state index contributed by atoms with van der Waals surface area (Å²) in [6.45, 7) is 20.2. The first-order valence-corrected chi connectivity index (χ1v) is 47.3. The minimum atomic E-state index is -4.12. The third kappa shape index (κ3) is 17.3. The van der Waals surface area contributed by atoms with E-state index < -0.39 is 53.6 Å². The summed E-state index contributed by atoms with van der Waals surface area (Å²) in [5.41, 5.74) is 7.42. The van der Waals surface area contributed by atoms with Crippen molar-refractivity contribution in [2.24, 2.45) is 35.5 Å². The van der Waals surface area contributed by atoms with Gasteiger partial charge in [0.2, 0.25) is 20.0 Å². The lowest BCUT2D eigenvalue weighted by molar-refractivity contribution is -0.108. The van der Waals surface area contributed by atoms with E-state index in [-0.39, 0.29) is 47.3 Å². The van der Waals surface area contributed by atoms with Gasteiger partial charge in [-0.3, -0.25) is 29.2 Å². The summed E-state index contributed by atoms with van der Waals surface area (Å²) in [7, 11) is -4.52. The number of ether oxygens (including phenoxy) is 6. The molecule has 0 unspecified atom stereocenters. The molecular formula is C94H118Cl2N8O12S2. The topological polar surface area (TPSA) is 201 Å². The maximum atomic E-state index is 14.4. The smallest absolute Gasteiger partial charge is 0.264 e. The molecule has 2 N–H and O–H groups in total. The average molecular weight is 1690 g/mol. The molecule has 0 radical (unpaired) electrons. The molecule has 20 nitrogen and oxygen atoms in total. The number of amides is 2. The summed E-state index contributed by atoms with van der Waals surface area (Å²) in [4.78, 5) is 43.4. The normalized spacial score (nSPS) is 33.0. The van der Waals surface area contributed by atoms with Gasteiger partial charge in [-0.1, -0.05) is 134 Å². The van der Waals surface area contributed by atoms with E-state index in [2.05, 4.69) is 87.4 Å². The number of sulfonamides is 2. The molecule has 24 heteroatoms. The number of hydrogen-bond donors (Lipinski definition) is 2. The van der Waals surface area contributed by atoms with Crippen LogP contribution in [0.2, 0.25) is 10.0 Å². The summed E-state index contributed by atoms with van der Waals surface area (Å²) in [6, 6.07) is 43.5. The Balaban J connectivity index is 0.000000169. The number of allylic oxidation sites excluding steroid dienone is 2. The first-order valence-electron chi connectivity index (χ1n) is 43.4. The number of aryl methyl sites for hydroxylation is 2. The Labute approximate surface area is 708 Å². The fraction of sp³-hybridized carbons (Fsp3) is 0.553. The van der Waals surface area contributed by atoms with Crippen molar-refractivity contribution >= 4 is 66.4 Å². The van der Waals surface area contributed by atoms with E-state index in [9.17, 15) is 26.4 Å². The summed E-state index contributed by atoms with van der Waals surface area (Å²) < 4.78 is 102. The van der Waals surface area contributed by atoms with Gasteiger partial charge in [0.05, 0.1) is 61.5 Å². The zero-order valence-corrected chi connectivity index (χ0v) is 72.1. The zero-order valence-electron chi connectivity index (χ0n) is 69.0. The molecule has 0 aromatic heterocycles. The molecule has 18 rings (SSSR count). The van der Waals surface area contributed by atoms with Gasteiger partial charge < -0.3 is 38.2 Å². The lowest BCUT2D eigenvalue weighted by Crippen LogP contribution is -2.62. The van der Waals surface area contributed by atoms with Crippen molar-refractivity contribution in [2.45, 2.75) is 148 Å². The molecular weight excluding hydrogens is 1570 g/mol. The summed E-state index contributed by atoms with van der Waals surface area (Å²) in [5, 5.41) is -0.208. The highest BCUT2D eigenvalue weighted by molar-refractivity contribution is 7.91. The predicted molar refractivity (Wildman–Crippen MR) is 464 cm³/mol. The van der Waals surface area contributed by atoms with Gasteiger partial charge in [0.25, 0.3) is 11.8 Å². The Bertz CT molecular complexity index is 4610. The standard InChI is InChI=1S/2C47H59ClN4O6S/c2*1-33-8-6-19-47(56-2,31-50-20-21-51-22-23-57-29-39(51)28-50)41-15-12-37(41)27-52-30-46(18-7-11-35-25-38(48)14-16-40(35)46)32-58-43-17-13-36(26-42(43)52)45(53)49-59(54,55)44(33)24-34-9-4-3-5-10-34/h2*3-6,9-10,13-14,16-17,19,25-26,33,37,39,41,44H,7-8,11-12,15,18,20-24,27-32H2,1-2H3,(H,49,53)/b2*19-6+/t33-,37-,39-,41+,44+,46-,47+;33-,37-,39-,41+,44-,46-,47+/m00/s1. The maximum Gasteiger partial charge on any atom is 0.264 e. The van der Waals surface area contributed by atoms with Gasteiger partial charge in [0, 0.05) is 150 Å². The van der Waals surface area contributed by atoms with Crippen molar-refractivity contribution in [2.75, 3.05) is 155 Å². The second-order valence-corrected chi connectivity index (χ2v) is 41.1. The second kappa shape index (κ2) is 35.1. The van der Waals surface area contributed by atoms with Crippen LogP contribution < -0.4 is 28.7 Å². The molecule has 14 atom stereocenters. The van der Waals surface area contributed by atoms with Gasteiger partial charge in [0.1, 0.15) is 22.7 Å². The Morgan fingerprint density at radius 3 is 1.35 bits per heavy atom. The van der Waals surface area contributed by atoms with E-state index in [0.29, 0.717) is 85.7 Å². The molecule has 2 spiro atoms. The molecule has 12 aliphatic rings. The number of carbonyl (C=O) groups excluding carboxylic acids is 2. The predicted octanol–water partition coefficient (Wildman–Crippen LogP) is 13.0. The summed E-state index contributed by atoms with van der Waals surface area (Å²) in [6.07, 6.45) is 20.6. The van der Waals surface area contributed by atoms with Crippen LogP contribution in [-0.2, 0) is 75.5 Å². The van der Waals surface area contributed by atoms with Crippen molar-refractivity contribution in [3.05, 3.63) is 212 Å². The molecule has 118 heavy (non-hydrogen) atoms. The molecule has 2 amide bonds. The van der Waals surface area contributed by atoms with Crippen LogP contribution >= 0.6 is 23.2 Å². The van der Waals surface area contributed by atoms with Gasteiger partial charge in [0.15, 0.2) is 0 Å². The van der Waals surface area contributed by atoms with Crippen LogP contribution in [0.4, 0.5) is 11.4 Å². The molecule has 6 aromatic rings. The SMILES string of the molecule is CO[C@@]1(CN2CCN3CCOC[C@@H]3C2)/C=C/C[C@H](C)[C@@H](Cc2ccccc2)S(=O)(=O)NC(=O)c2ccc3c(c2)N(C[C@@H]2CC[C@H]21)C[C@@]1(CCCc2cc(Cl)ccc21)CO3.CO[C@@]1(CN2CCN3CCOC[C@@H]3C2)/C=C/C[C@H](C)[C@H](Cc2ccccc2)S(=O)(=O)NC(=O)c2ccc3c(c2)N(C[C@@H]2CC[C@H]21)C[C@@]1(CCCc2cc(Cl)ccc21)CO3. The van der Waals surface area contributed by atoms with Crippen LogP contribution in [0.1, 0.15) is 132 Å². The van der Waals surface area contributed by atoms with Crippen molar-refractivity contribution in [3.8, 4) is 11.5 Å². The summed E-state index contributed by atoms with van der Waals surface area (Å²) >= 11 is 13.1. The molecule has 6 aromatic carbocycles. The third-order valence-electron chi connectivity index (χ3n) is 29.3. The molecule has 8 aliphatic heterocycles. The number of hydrogen-bond acceptors (Lipinski definition) is 18. The molecule has 4 saturated heterocycles. The Kier molecular flexibility index (Phi) is 24.8. The number of piperazine rings is 2. The van der Waals surface area contributed by atoms with E-state index in [1.54, 1.807) is 12.1 Å². The number of anilines is 2. The summed E-state index contributed by atoms with van der Waals surface area (Å²) in [5.74, 6) is 0.655. The average Bonchev–Trinajstić information content (AvgIpc) is 1.48. The van der Waals surface area contributed by atoms with Crippen LogP contribution in [0, 0.1) is 35.5 Å². The molecule has 4 bridgehead atoms. The number of fused-ring (bicyclic) bond motifs is 10. The van der Waals surface area contributed by atoms with Crippen LogP contribution in [0.15, 0.2) is 158 Å². The monoisotopic (exact) mass is 1680 g/mol. The van der Waals surface area contributed by atoms with E-state index in [1.807, 2.05) is 125 Å². The van der Waals surface area contributed by atoms with Gasteiger partial charge in [-0.15, -0.1) is 0 Å². The Morgan fingerprint density at radius 2 is 0.941 bits per heavy atom. The van der Waals surface area contributed by atoms with Gasteiger partial charge in [-0.25, -0.2) is 26.3 Å². The fourth-order valence-corrected chi connectivity index (χ4v) is 26.1. The first kappa shape index (κ1) is 83.4. The van der Waals surface area contributed by atoms with Crippen molar-refractivity contribution in [1.29, 1.82) is 0 Å². The highest BCUT2D eigenvalue weighted by Crippen LogP contribution is 2.53. The van der Waals surface area contributed by atoms with E-state index in [0.717, 1.165) is 202 Å². The molecule has 8 heterocycles. The fourth-order valence-electron chi connectivity index (χ4n) is 22.4. The number of nitrogens with zero attached hydrogens (tertiary/aromatic N) is 6. The van der Waals surface area contributed by atoms with Crippen molar-refractivity contribution in [3.63, 3.8) is 0 Å². The molecule has 6 fully saturated rings. The van der Waals surface area contributed by atoms with Crippen LogP contribution in [0.5, 0.6) is 11.5 Å². The highest BCUT2D eigenvalue weighted by Gasteiger charge is 2.54. The van der Waals surface area contributed by atoms with Crippen LogP contribution in [0.3, 0.4) is 0 Å². The molecule has 2 saturated carbocycles. The minimum absolute atomic E-state index is 0.226. The number of benzene rings is 6. The van der Waals surface area contributed by atoms with Crippen molar-refractivity contribution in [1.82, 2.24) is 29.0 Å². The number of rotatable bonds is 10. The molecule has 4 aliphatic carbocycles. The Morgan fingerprint density at radius 1 is 0.508 bits per heavy atom. The quantitative estimate of drug-likeness (QED) is 0.123. The zero-order chi connectivity index (χ0) is 81.6. The number of methoxy groups -OCH3 is 2. The first-order chi connectivity index (χ1) is 57.1. The third-order valence-corrected chi connectivity index (χ3v) is 33.5. The number of nitrogens with one attached hydrogen (secondary N) is 2. The van der Waals surface area contributed by atoms with Crippen LogP contribution in [-0.4, -0.2) is 228 Å². The van der Waals surface area contributed by atoms with Crippen molar-refractivity contribution < 1.29 is 54.8 Å². The van der Waals surface area contributed by atoms with Crippen LogP contribution in [0.25, 0.3) is 0 Å². The minimum Gasteiger partial charge on any atom is -0.490 e. The lowest BCUT2D eigenvalue weighted by atomic mass is 9.63. The lowest BCUT2D eigenvalue weighted by Gasteiger charge is -2.53. The Hall–Kier alpha value is -6.90. The van der Waals surface area contributed by atoms with Gasteiger partial charge in [-0.2, -0.15) is 0 Å². The van der Waals surface area contributed by atoms with E-state index >= 15 is 0 Å². The second-order valence-electron chi connectivity index (χ2n) is 36.4. The number of morpholine rings is 2. The molecule has 632 valence electrons. The highest BCUT2D eigenvalue weighted by atomic mass is 35.5. The van der Waals surface area contributed by atoms with Gasteiger partial charge >= 0.3 is 0 Å². The maximum absolute atomic E-state index is 14.4. The number of halogens is 2. The van der Waals surface area contributed by atoms with Gasteiger partial charge in [-0.05, 0) is 219 Å². The largest absolute Gasteiger partial charge is 0.490 e.